The first-order chi connectivity index (χ1) is 41.3. The highest BCUT2D eigenvalue weighted by Gasteiger charge is 2.37. The third-order valence-electron chi connectivity index (χ3n) is 15.4. The highest BCUT2D eigenvalue weighted by Crippen LogP contribution is 2.31. The van der Waals surface area contributed by atoms with E-state index in [0.29, 0.717) is 25.9 Å². The van der Waals surface area contributed by atoms with Gasteiger partial charge in [0.2, 0.25) is 23.1 Å². The van der Waals surface area contributed by atoms with E-state index in [1.807, 2.05) is 13.8 Å². The number of ether oxygens (including phenoxy) is 6. The Bertz CT molecular complexity index is 2640. The van der Waals surface area contributed by atoms with Gasteiger partial charge in [0.05, 0.1) is 60.4 Å². The zero-order chi connectivity index (χ0) is 64.7. The number of nitrogens with two attached hydrogens (primary N) is 2. The summed E-state index contributed by atoms with van der Waals surface area (Å²) in [5.41, 5.74) is 11.4. The van der Waals surface area contributed by atoms with Crippen molar-refractivity contribution in [2.75, 3.05) is 67.8 Å². The maximum atomic E-state index is 14.3. The fraction of sp³-hybridized carbons (Fsp3) is 0.548. The van der Waals surface area contributed by atoms with Crippen molar-refractivity contribution in [3.63, 3.8) is 0 Å². The van der Waals surface area contributed by atoms with E-state index in [2.05, 4.69) is 26.6 Å². The Kier molecular flexibility index (Phi) is 29.5. The van der Waals surface area contributed by atoms with Crippen molar-refractivity contribution in [2.24, 2.45) is 35.1 Å². The second kappa shape index (κ2) is 35.6. The van der Waals surface area contributed by atoms with Crippen LogP contribution in [0.5, 0.6) is 0 Å². The first kappa shape index (κ1) is 72.3. The van der Waals surface area contributed by atoms with Crippen molar-refractivity contribution in [1.29, 1.82) is 0 Å². The Balaban J connectivity index is 1.50. The molecule has 4 amide bonds. The average molecular weight is 1220 g/mol. The van der Waals surface area contributed by atoms with Crippen LogP contribution in [-0.2, 0) is 57.2 Å². The van der Waals surface area contributed by atoms with Crippen molar-refractivity contribution >= 4 is 47.1 Å². The molecule has 0 aromatic carbocycles. The van der Waals surface area contributed by atoms with Gasteiger partial charge in [0.25, 0.3) is 11.8 Å². The van der Waals surface area contributed by atoms with E-state index in [9.17, 15) is 58.8 Å². The van der Waals surface area contributed by atoms with Gasteiger partial charge in [0, 0.05) is 87.8 Å². The Morgan fingerprint density at radius 2 is 0.954 bits per heavy atom. The molecule has 4 aliphatic rings. The van der Waals surface area contributed by atoms with E-state index >= 15 is 0 Å². The van der Waals surface area contributed by atoms with Crippen molar-refractivity contribution in [1.82, 2.24) is 26.6 Å². The molecule has 2 aliphatic carbocycles. The number of carbonyl (C=O) groups excluding carboxylic acids is 8. The first-order valence-corrected chi connectivity index (χ1v) is 29.0. The van der Waals surface area contributed by atoms with Gasteiger partial charge in [0.15, 0.2) is 12.2 Å². The second-order valence-corrected chi connectivity index (χ2v) is 22.2. The monoisotopic (exact) mass is 1220 g/mol. The lowest BCUT2D eigenvalue weighted by Gasteiger charge is -2.30. The molecule has 0 saturated carbocycles. The molecule has 0 fully saturated rings. The van der Waals surface area contributed by atoms with Crippen LogP contribution in [0.1, 0.15) is 80.1 Å². The number of hydrogen-bond acceptors (Lipinski definition) is 21. The lowest BCUT2D eigenvalue weighted by molar-refractivity contribution is -0.120. The minimum absolute atomic E-state index is 0.0483. The topological polar surface area (TPSA) is 385 Å². The predicted octanol–water partition coefficient (Wildman–Crippen LogP) is 2.03. The molecule has 4 bridgehead atoms. The van der Waals surface area contributed by atoms with Gasteiger partial charge in [-0.3, -0.25) is 28.8 Å². The highest BCUT2D eigenvalue weighted by molar-refractivity contribution is 6.24. The molecule has 0 radical (unpaired) electrons. The molecule has 25 nitrogen and oxygen atoms in total. The second-order valence-electron chi connectivity index (χ2n) is 22.2. The maximum Gasteiger partial charge on any atom is 0.405 e. The molecule has 0 spiro atoms. The molecular weight excluding hydrogens is 1130 g/mol. The fourth-order valence-electron chi connectivity index (χ4n) is 10.5. The summed E-state index contributed by atoms with van der Waals surface area (Å²) < 4.78 is 33.4. The maximum absolute atomic E-state index is 14.3. The van der Waals surface area contributed by atoms with E-state index in [-0.39, 0.29) is 107 Å². The number of fused-ring (bicyclic) bond motifs is 4. The van der Waals surface area contributed by atoms with Gasteiger partial charge in [-0.1, -0.05) is 76.3 Å². The number of primary amides is 2. The highest BCUT2D eigenvalue weighted by atomic mass is 16.6. The number of hydrogen-bond donors (Lipinski definition) is 11. The molecule has 4 rings (SSSR count). The number of methoxy groups -OCH3 is 4. The van der Waals surface area contributed by atoms with Gasteiger partial charge in [-0.05, 0) is 88.4 Å². The molecule has 0 aromatic rings. The number of carbonyl (C=O) groups is 8. The third kappa shape index (κ3) is 21.0. The molecule has 13 N–H and O–H groups in total. The van der Waals surface area contributed by atoms with Crippen LogP contribution in [0.4, 0.5) is 9.59 Å². The van der Waals surface area contributed by atoms with Gasteiger partial charge < -0.3 is 86.9 Å². The van der Waals surface area contributed by atoms with Gasteiger partial charge in [-0.2, -0.15) is 0 Å². The number of ketones is 4. The molecular formula is C62H89N7O18. The first-order valence-electron chi connectivity index (χ1n) is 29.0. The summed E-state index contributed by atoms with van der Waals surface area (Å²) in [7, 11) is 5.53. The quantitative estimate of drug-likeness (QED) is 0.0531. The molecule has 25 heteroatoms. The number of allylic oxidation sites excluding steroid dienone is 8. The molecule has 480 valence electrons. The van der Waals surface area contributed by atoms with Crippen LogP contribution in [0, 0.1) is 23.7 Å². The smallest absolute Gasteiger partial charge is 0.405 e. The van der Waals surface area contributed by atoms with Crippen LogP contribution in [-0.4, -0.2) is 184 Å². The summed E-state index contributed by atoms with van der Waals surface area (Å²) in [4.78, 5) is 107. The number of rotatable bonds is 18. The number of nitrogens with one attached hydrogen (secondary N) is 5. The van der Waals surface area contributed by atoms with Crippen LogP contribution >= 0.6 is 0 Å². The molecule has 0 aromatic heterocycles. The summed E-state index contributed by atoms with van der Waals surface area (Å²) in [5.74, 6) is -5.71. The van der Waals surface area contributed by atoms with Crippen LogP contribution < -0.4 is 38.1 Å². The van der Waals surface area contributed by atoms with E-state index in [0.717, 1.165) is 12.2 Å². The van der Waals surface area contributed by atoms with Crippen molar-refractivity contribution in [3.8, 4) is 0 Å². The van der Waals surface area contributed by atoms with Gasteiger partial charge in [-0.25, -0.2) is 9.59 Å². The van der Waals surface area contributed by atoms with Crippen LogP contribution in [0.15, 0.2) is 117 Å². The van der Waals surface area contributed by atoms with Crippen molar-refractivity contribution in [3.05, 3.63) is 117 Å². The van der Waals surface area contributed by atoms with Gasteiger partial charge in [-0.15, -0.1) is 0 Å². The molecule has 2 heterocycles. The van der Waals surface area contributed by atoms with Crippen LogP contribution in [0.25, 0.3) is 0 Å². The van der Waals surface area contributed by atoms with Crippen LogP contribution in [0.2, 0.25) is 0 Å². The lowest BCUT2D eigenvalue weighted by atomic mass is 9.85. The minimum atomic E-state index is -1.22. The summed E-state index contributed by atoms with van der Waals surface area (Å²) in [5, 5.41) is 58.8. The van der Waals surface area contributed by atoms with Crippen molar-refractivity contribution in [2.45, 2.75) is 129 Å². The number of Topliss-reactive ketones (excluding diaryl/α,β-unsaturated/α-hetero) is 2. The minimum Gasteiger partial charge on any atom is -0.439 e. The standard InChI is InChI=1S/C62H89N7O18/c1-33-23-41-51(45(72)29-43(55(41)76)68-59(78)35(3)15-11-17-47(82-7)57(86-61(63)80)39(31-70)27-37(5)53(74)49(25-33)84-9)66-21-13-19-65-20-14-22-67-52-42-24-34(2)26-50(85-10)54(75)38(6)28-40(32-71)58(87-62(64)81)48(83-8)18-12-16-36(4)60(79)69-44(56(42)77)30-46(52)73/h11-12,15-18,27-30,33-34,37-38,47-50,53-54,57-58,65-67,70-71,74-75H,13-14,19-26,31-32H2,1-10H3,(H2,63,80)(H2,64,81)(H,68,78)(H,69,79)/b17-11-,18-12-,35-15+,36-16+,39-27+,40-28+/t33-,34-,37+,38+,47+,48+,49-,50+,53-,54-,57+,58+/m1/s1. The molecule has 2 aliphatic heterocycles. The Morgan fingerprint density at radius 1 is 0.586 bits per heavy atom. The third-order valence-corrected chi connectivity index (χ3v) is 15.4. The SMILES string of the molecule is CO[C@H]1/C=C\C=C(/C)C(=O)NC2=CC(=O)C(NCCCNCCCNC3=C4C[C@@H](C)C[C@H](OC)[C@H](O)[C@@H](C)/C=C(\CO)[C@H](OC(N)=O)[C@@H](OC)/C=C\C=C(/C)C(=O)NC(=CC3=O)C4=O)=C(C[C@@H](C)C[C@@H](OC)[C@H](O)[C@@H](C)/C=C(\CO)[C@@H]1OC(N)=O)C2=O. The molecule has 12 atom stereocenters. The Morgan fingerprint density at radius 3 is 1.28 bits per heavy atom. The molecule has 0 unspecified atom stereocenters. The van der Waals surface area contributed by atoms with Crippen LogP contribution in [0.3, 0.4) is 0 Å². The van der Waals surface area contributed by atoms with Gasteiger partial charge in [0.1, 0.15) is 12.2 Å². The largest absolute Gasteiger partial charge is 0.439 e. The van der Waals surface area contributed by atoms with E-state index < -0.39 is 121 Å². The predicted molar refractivity (Wildman–Crippen MR) is 320 cm³/mol. The van der Waals surface area contributed by atoms with Crippen molar-refractivity contribution < 1.29 is 87.2 Å². The zero-order valence-corrected chi connectivity index (χ0v) is 51.3. The summed E-state index contributed by atoms with van der Waals surface area (Å²) in [6.07, 6.45) is 4.71. The summed E-state index contributed by atoms with van der Waals surface area (Å²) in [6.45, 7) is 10.2. The summed E-state index contributed by atoms with van der Waals surface area (Å²) in [6, 6.07) is 0. The number of aliphatic hydroxyl groups excluding tert-OH is 4. The number of aliphatic hydroxyl groups is 4. The van der Waals surface area contributed by atoms with Gasteiger partial charge >= 0.3 is 12.2 Å². The number of amides is 4. The Labute approximate surface area is 508 Å². The molecule has 87 heavy (non-hydrogen) atoms. The zero-order valence-electron chi connectivity index (χ0n) is 51.3. The normalized spacial score (nSPS) is 31.2. The van der Waals surface area contributed by atoms with E-state index in [1.165, 1.54) is 78.7 Å². The van der Waals surface area contributed by atoms with E-state index in [4.69, 9.17) is 39.9 Å². The Hall–Kier alpha value is -7.20. The lowest BCUT2D eigenvalue weighted by Crippen LogP contribution is -2.38. The fourth-order valence-corrected chi connectivity index (χ4v) is 10.5. The molecule has 0 saturated heterocycles. The average Bonchev–Trinajstić information content (AvgIpc) is 2.06. The summed E-state index contributed by atoms with van der Waals surface area (Å²) >= 11 is 0. The van der Waals surface area contributed by atoms with E-state index in [1.54, 1.807) is 26.0 Å².